The fourth-order valence-corrected chi connectivity index (χ4v) is 2.50. The third kappa shape index (κ3) is 3.93. The first kappa shape index (κ1) is 16.5. The average molecular weight is 330 g/mol. The summed E-state index contributed by atoms with van der Waals surface area (Å²) in [7, 11) is 0. The van der Waals surface area contributed by atoms with Gasteiger partial charge in [-0.25, -0.2) is 0 Å². The van der Waals surface area contributed by atoms with Crippen molar-refractivity contribution in [2.75, 3.05) is 10.6 Å². The predicted octanol–water partition coefficient (Wildman–Crippen LogP) is 4.50. The highest BCUT2D eigenvalue weighted by Crippen LogP contribution is 2.17. The first-order valence-corrected chi connectivity index (χ1v) is 7.97. The molecule has 0 saturated heterocycles. The van der Waals surface area contributed by atoms with Crippen LogP contribution >= 0.6 is 0 Å². The minimum atomic E-state index is -0.318. The Labute approximate surface area is 146 Å². The molecule has 0 radical (unpaired) electrons. The van der Waals surface area contributed by atoms with Crippen LogP contribution in [0.2, 0.25) is 0 Å². The number of aryl methyl sites for hydroxylation is 1. The second-order valence-corrected chi connectivity index (χ2v) is 5.63. The Bertz CT molecular complexity index is 905. The lowest BCUT2D eigenvalue weighted by atomic mass is 10.1. The Morgan fingerprint density at radius 3 is 1.80 bits per heavy atom. The summed E-state index contributed by atoms with van der Waals surface area (Å²) in [5.41, 5.74) is 3.03. The second-order valence-electron chi connectivity index (χ2n) is 5.63. The molecule has 0 aliphatic rings. The van der Waals surface area contributed by atoms with Crippen LogP contribution in [-0.4, -0.2) is 11.8 Å². The largest absolute Gasteiger partial charge is 0.322 e. The number of hydrogen-bond acceptors (Lipinski definition) is 2. The van der Waals surface area contributed by atoms with Gasteiger partial charge in [0.1, 0.15) is 0 Å². The van der Waals surface area contributed by atoms with Gasteiger partial charge in [-0.3, -0.25) is 9.59 Å². The van der Waals surface area contributed by atoms with E-state index in [2.05, 4.69) is 10.6 Å². The summed E-state index contributed by atoms with van der Waals surface area (Å²) in [6, 6.07) is 23.4. The SMILES string of the molecule is Cc1ccccc1NC(=O)c1ccccc1C(=O)Nc1ccccc1. The van der Waals surface area contributed by atoms with Crippen molar-refractivity contribution in [2.24, 2.45) is 0 Å². The molecule has 0 spiro atoms. The van der Waals surface area contributed by atoms with Crippen molar-refractivity contribution in [2.45, 2.75) is 6.92 Å². The zero-order valence-electron chi connectivity index (χ0n) is 13.8. The number of rotatable bonds is 4. The van der Waals surface area contributed by atoms with Gasteiger partial charge in [0.05, 0.1) is 11.1 Å². The van der Waals surface area contributed by atoms with Crippen LogP contribution < -0.4 is 10.6 Å². The van der Waals surface area contributed by atoms with Gasteiger partial charge >= 0.3 is 0 Å². The van der Waals surface area contributed by atoms with Crippen LogP contribution in [0.1, 0.15) is 26.3 Å². The summed E-state index contributed by atoms with van der Waals surface area (Å²) in [6.07, 6.45) is 0. The van der Waals surface area contributed by atoms with Gasteiger partial charge in [-0.05, 0) is 42.8 Å². The summed E-state index contributed by atoms with van der Waals surface area (Å²) in [6.45, 7) is 1.92. The Hall–Kier alpha value is -3.40. The first-order valence-electron chi connectivity index (χ1n) is 7.97. The molecule has 2 amide bonds. The summed E-state index contributed by atoms with van der Waals surface area (Å²) < 4.78 is 0. The van der Waals surface area contributed by atoms with Crippen molar-refractivity contribution in [1.82, 2.24) is 0 Å². The van der Waals surface area contributed by atoms with E-state index in [0.29, 0.717) is 16.8 Å². The summed E-state index contributed by atoms with van der Waals surface area (Å²) in [4.78, 5) is 25.2. The van der Waals surface area contributed by atoms with Crippen molar-refractivity contribution in [1.29, 1.82) is 0 Å². The van der Waals surface area contributed by atoms with Crippen LogP contribution in [0.4, 0.5) is 11.4 Å². The monoisotopic (exact) mass is 330 g/mol. The molecule has 4 heteroatoms. The quantitative estimate of drug-likeness (QED) is 0.740. The Morgan fingerprint density at radius 2 is 1.16 bits per heavy atom. The van der Waals surface area contributed by atoms with E-state index in [1.54, 1.807) is 36.4 Å². The molecular formula is C21H18N2O2. The molecule has 0 atom stereocenters. The summed E-state index contributed by atoms with van der Waals surface area (Å²) >= 11 is 0. The van der Waals surface area contributed by atoms with Gasteiger partial charge in [-0.15, -0.1) is 0 Å². The fourth-order valence-electron chi connectivity index (χ4n) is 2.50. The van der Waals surface area contributed by atoms with Crippen molar-refractivity contribution >= 4 is 23.2 Å². The maximum Gasteiger partial charge on any atom is 0.256 e. The molecule has 3 rings (SSSR count). The first-order chi connectivity index (χ1) is 12.1. The topological polar surface area (TPSA) is 58.2 Å². The summed E-state index contributed by atoms with van der Waals surface area (Å²) in [5.74, 6) is -0.630. The highest BCUT2D eigenvalue weighted by atomic mass is 16.2. The van der Waals surface area contributed by atoms with Crippen LogP contribution in [0.5, 0.6) is 0 Å². The molecule has 2 N–H and O–H groups in total. The van der Waals surface area contributed by atoms with E-state index in [0.717, 1.165) is 11.3 Å². The molecule has 0 saturated carbocycles. The van der Waals surface area contributed by atoms with Gasteiger partial charge in [0.25, 0.3) is 11.8 Å². The maximum absolute atomic E-state index is 12.7. The number of hydrogen-bond donors (Lipinski definition) is 2. The van der Waals surface area contributed by atoms with Gasteiger partial charge in [-0.1, -0.05) is 48.5 Å². The molecule has 0 bridgehead atoms. The minimum Gasteiger partial charge on any atom is -0.322 e. The third-order valence-electron chi connectivity index (χ3n) is 3.84. The molecule has 25 heavy (non-hydrogen) atoms. The molecule has 0 aliphatic carbocycles. The van der Waals surface area contributed by atoms with E-state index in [1.165, 1.54) is 0 Å². The standard InChI is InChI=1S/C21H18N2O2/c1-15-9-5-8-14-19(15)23-21(25)18-13-7-6-12-17(18)20(24)22-16-10-3-2-4-11-16/h2-14H,1H3,(H,22,24)(H,23,25). The number of amides is 2. The maximum atomic E-state index is 12.7. The molecule has 0 fully saturated rings. The normalized spacial score (nSPS) is 10.1. The smallest absolute Gasteiger partial charge is 0.256 e. The molecule has 0 heterocycles. The van der Waals surface area contributed by atoms with Gasteiger partial charge < -0.3 is 10.6 Å². The molecule has 4 nitrogen and oxygen atoms in total. The van der Waals surface area contributed by atoms with E-state index in [4.69, 9.17) is 0 Å². The molecule has 0 aliphatic heterocycles. The number of carbonyl (C=O) groups excluding carboxylic acids is 2. The van der Waals surface area contributed by atoms with Gasteiger partial charge in [-0.2, -0.15) is 0 Å². The van der Waals surface area contributed by atoms with Crippen LogP contribution in [0, 0.1) is 6.92 Å². The van der Waals surface area contributed by atoms with E-state index in [-0.39, 0.29) is 11.8 Å². The van der Waals surface area contributed by atoms with Gasteiger partial charge in [0.15, 0.2) is 0 Å². The predicted molar refractivity (Wildman–Crippen MR) is 100.0 cm³/mol. The van der Waals surface area contributed by atoms with Crippen molar-refractivity contribution in [3.8, 4) is 0 Å². The van der Waals surface area contributed by atoms with Crippen LogP contribution in [0.3, 0.4) is 0 Å². The van der Waals surface area contributed by atoms with Crippen LogP contribution in [-0.2, 0) is 0 Å². The Balaban J connectivity index is 1.84. The molecule has 124 valence electrons. The number of benzene rings is 3. The summed E-state index contributed by atoms with van der Waals surface area (Å²) in [5, 5.41) is 5.68. The lowest BCUT2D eigenvalue weighted by Crippen LogP contribution is -2.20. The Kier molecular flexibility index (Phi) is 4.90. The highest BCUT2D eigenvalue weighted by Gasteiger charge is 2.17. The van der Waals surface area contributed by atoms with Crippen molar-refractivity contribution < 1.29 is 9.59 Å². The van der Waals surface area contributed by atoms with Crippen LogP contribution in [0.15, 0.2) is 78.9 Å². The molecular weight excluding hydrogens is 312 g/mol. The zero-order chi connectivity index (χ0) is 17.6. The van der Waals surface area contributed by atoms with E-state index >= 15 is 0 Å². The zero-order valence-corrected chi connectivity index (χ0v) is 13.8. The average Bonchev–Trinajstić information content (AvgIpc) is 2.64. The minimum absolute atomic E-state index is 0.312. The lowest BCUT2D eigenvalue weighted by molar-refractivity contribution is 0.0990. The van der Waals surface area contributed by atoms with Gasteiger partial charge in [0, 0.05) is 11.4 Å². The van der Waals surface area contributed by atoms with Crippen molar-refractivity contribution in [3.05, 3.63) is 95.6 Å². The van der Waals surface area contributed by atoms with Gasteiger partial charge in [0.2, 0.25) is 0 Å². The number of para-hydroxylation sites is 2. The molecule has 3 aromatic carbocycles. The van der Waals surface area contributed by atoms with E-state index in [9.17, 15) is 9.59 Å². The second kappa shape index (κ2) is 7.45. The molecule has 0 aromatic heterocycles. The van der Waals surface area contributed by atoms with Crippen molar-refractivity contribution in [3.63, 3.8) is 0 Å². The van der Waals surface area contributed by atoms with Crippen LogP contribution in [0.25, 0.3) is 0 Å². The lowest BCUT2D eigenvalue weighted by Gasteiger charge is -2.12. The third-order valence-corrected chi connectivity index (χ3v) is 3.84. The number of anilines is 2. The van der Waals surface area contributed by atoms with E-state index < -0.39 is 0 Å². The Morgan fingerprint density at radius 1 is 0.640 bits per heavy atom. The molecule has 3 aromatic rings. The highest BCUT2D eigenvalue weighted by molar-refractivity contribution is 6.15. The number of nitrogens with one attached hydrogen (secondary N) is 2. The molecule has 0 unspecified atom stereocenters. The van der Waals surface area contributed by atoms with E-state index in [1.807, 2.05) is 49.4 Å². The number of carbonyl (C=O) groups is 2. The fraction of sp³-hybridized carbons (Fsp3) is 0.0476.